The summed E-state index contributed by atoms with van der Waals surface area (Å²) < 4.78 is 10.5. The number of hydrogen-bond acceptors (Lipinski definition) is 4. The highest BCUT2D eigenvalue weighted by atomic mass is 16.6. The Morgan fingerprint density at radius 1 is 1.46 bits per heavy atom. The van der Waals surface area contributed by atoms with E-state index < -0.39 is 0 Å². The second-order valence-corrected chi connectivity index (χ2v) is 3.55. The second kappa shape index (κ2) is 3.27. The van der Waals surface area contributed by atoms with Crippen LogP contribution in [0.1, 0.15) is 19.8 Å². The summed E-state index contributed by atoms with van der Waals surface area (Å²) >= 11 is 0. The fourth-order valence-corrected chi connectivity index (χ4v) is 2.00. The fourth-order valence-electron chi connectivity index (χ4n) is 2.00. The Bertz CT molecular complexity index is 203. The Hall–Kier alpha value is -0.610. The predicted octanol–water partition coefficient (Wildman–Crippen LogP) is 0.372. The molecule has 1 unspecified atom stereocenters. The second-order valence-electron chi connectivity index (χ2n) is 3.55. The fraction of sp³-hybridized carbons (Fsp3) is 0.889. The van der Waals surface area contributed by atoms with E-state index >= 15 is 0 Å². The quantitative estimate of drug-likeness (QED) is 0.583. The molecule has 2 heterocycles. The van der Waals surface area contributed by atoms with E-state index in [-0.39, 0.29) is 11.7 Å². The van der Waals surface area contributed by atoms with Crippen LogP contribution in [0.3, 0.4) is 0 Å². The third-order valence-corrected chi connectivity index (χ3v) is 2.86. The summed E-state index contributed by atoms with van der Waals surface area (Å²) in [6.07, 6.45) is 1.42. The van der Waals surface area contributed by atoms with E-state index in [2.05, 4.69) is 11.8 Å². The van der Waals surface area contributed by atoms with Gasteiger partial charge in [0.2, 0.25) is 0 Å². The molecule has 4 heteroatoms. The Labute approximate surface area is 77.8 Å². The first kappa shape index (κ1) is 8.97. The maximum atomic E-state index is 10.8. The molecule has 74 valence electrons. The summed E-state index contributed by atoms with van der Waals surface area (Å²) in [4.78, 5) is 13.1. The van der Waals surface area contributed by atoms with Gasteiger partial charge >= 0.3 is 5.97 Å². The normalized spacial score (nSPS) is 35.3. The highest BCUT2D eigenvalue weighted by Crippen LogP contribution is 2.35. The van der Waals surface area contributed by atoms with E-state index in [1.807, 2.05) is 0 Å². The lowest BCUT2D eigenvalue weighted by molar-refractivity contribution is -0.239. The smallest absolute Gasteiger partial charge is 0.313 e. The highest BCUT2D eigenvalue weighted by Gasteiger charge is 2.49. The summed E-state index contributed by atoms with van der Waals surface area (Å²) in [6.45, 7) is 5.31. The zero-order valence-electron chi connectivity index (χ0n) is 7.91. The van der Waals surface area contributed by atoms with Crippen LogP contribution in [0.15, 0.2) is 0 Å². The molecule has 0 N–H and O–H groups in total. The molecule has 0 aromatic carbocycles. The van der Waals surface area contributed by atoms with Crippen LogP contribution >= 0.6 is 0 Å². The van der Waals surface area contributed by atoms with E-state index in [1.54, 1.807) is 0 Å². The Balaban J connectivity index is 1.99. The third-order valence-electron chi connectivity index (χ3n) is 2.86. The number of morpholine rings is 1. The summed E-state index contributed by atoms with van der Waals surface area (Å²) in [5.74, 6) is -0.0756. The van der Waals surface area contributed by atoms with Crippen molar-refractivity contribution < 1.29 is 14.3 Å². The molecule has 0 aromatic heterocycles. The molecule has 2 aliphatic heterocycles. The van der Waals surface area contributed by atoms with Crippen molar-refractivity contribution in [3.8, 4) is 0 Å². The van der Waals surface area contributed by atoms with Crippen LogP contribution in [0.4, 0.5) is 0 Å². The number of rotatable bonds is 2. The van der Waals surface area contributed by atoms with Crippen molar-refractivity contribution in [3.05, 3.63) is 0 Å². The number of esters is 1. The van der Waals surface area contributed by atoms with E-state index in [4.69, 9.17) is 9.47 Å². The van der Waals surface area contributed by atoms with Gasteiger partial charge in [-0.1, -0.05) is 6.92 Å². The predicted molar refractivity (Wildman–Crippen MR) is 46.1 cm³/mol. The first-order chi connectivity index (χ1) is 6.27. The lowest BCUT2D eigenvalue weighted by Gasteiger charge is -2.49. The molecule has 0 amide bonds. The van der Waals surface area contributed by atoms with Gasteiger partial charge in [0.1, 0.15) is 0 Å². The van der Waals surface area contributed by atoms with Crippen molar-refractivity contribution >= 4 is 5.97 Å². The molecule has 2 fully saturated rings. The number of carbonyl (C=O) groups is 1. The van der Waals surface area contributed by atoms with E-state index in [0.717, 1.165) is 32.7 Å². The van der Waals surface area contributed by atoms with Crippen LogP contribution in [0.5, 0.6) is 0 Å². The average Bonchev–Trinajstić information content (AvgIpc) is 2.14. The molecule has 0 saturated carbocycles. The molecule has 0 radical (unpaired) electrons. The molecule has 2 saturated heterocycles. The number of cyclic esters (lactones) is 1. The van der Waals surface area contributed by atoms with Gasteiger partial charge in [-0.3, -0.25) is 9.69 Å². The lowest BCUT2D eigenvalue weighted by Crippen LogP contribution is -2.62. The molecule has 4 nitrogen and oxygen atoms in total. The van der Waals surface area contributed by atoms with Crippen molar-refractivity contribution in [2.75, 3.05) is 26.3 Å². The number of carbonyl (C=O) groups excluding carboxylic acids is 1. The van der Waals surface area contributed by atoms with Gasteiger partial charge in [0, 0.05) is 13.1 Å². The summed E-state index contributed by atoms with van der Waals surface area (Å²) in [6, 6.07) is 0. The third kappa shape index (κ3) is 1.44. The van der Waals surface area contributed by atoms with Gasteiger partial charge in [-0.15, -0.1) is 0 Å². The minimum atomic E-state index is -0.291. The summed E-state index contributed by atoms with van der Waals surface area (Å²) in [7, 11) is 0. The lowest BCUT2D eigenvalue weighted by atomic mass is 9.98. The number of hydrogen-bond donors (Lipinski definition) is 0. The monoisotopic (exact) mass is 185 g/mol. The van der Waals surface area contributed by atoms with Crippen molar-refractivity contribution in [3.63, 3.8) is 0 Å². The van der Waals surface area contributed by atoms with Gasteiger partial charge in [-0.05, 0) is 6.42 Å². The van der Waals surface area contributed by atoms with Crippen LogP contribution in [-0.2, 0) is 14.3 Å². The molecular formula is C9H15NO3. The minimum Gasteiger partial charge on any atom is -0.443 e. The van der Waals surface area contributed by atoms with Crippen LogP contribution in [0.25, 0.3) is 0 Å². The summed E-state index contributed by atoms with van der Waals surface area (Å²) in [5.41, 5.74) is -0.291. The van der Waals surface area contributed by atoms with Crippen LogP contribution < -0.4 is 0 Å². The van der Waals surface area contributed by atoms with Crippen LogP contribution in [-0.4, -0.2) is 42.9 Å². The van der Waals surface area contributed by atoms with Crippen molar-refractivity contribution in [2.45, 2.75) is 25.5 Å². The maximum absolute atomic E-state index is 10.8. The average molecular weight is 185 g/mol. The molecule has 0 bridgehead atoms. The molecular weight excluding hydrogens is 170 g/mol. The molecule has 2 rings (SSSR count). The van der Waals surface area contributed by atoms with Gasteiger partial charge in [-0.25, -0.2) is 0 Å². The summed E-state index contributed by atoms with van der Waals surface area (Å²) in [5, 5.41) is 0. The van der Waals surface area contributed by atoms with Crippen molar-refractivity contribution in [2.24, 2.45) is 0 Å². The molecule has 0 spiro atoms. The van der Waals surface area contributed by atoms with Crippen molar-refractivity contribution in [1.29, 1.82) is 0 Å². The maximum Gasteiger partial charge on any atom is 0.313 e. The van der Waals surface area contributed by atoms with Gasteiger partial charge in [-0.2, -0.15) is 0 Å². The molecule has 2 aliphatic rings. The Morgan fingerprint density at radius 2 is 2.08 bits per heavy atom. The van der Waals surface area contributed by atoms with E-state index in [9.17, 15) is 4.79 Å². The van der Waals surface area contributed by atoms with Crippen molar-refractivity contribution in [1.82, 2.24) is 4.90 Å². The van der Waals surface area contributed by atoms with Gasteiger partial charge in [0.05, 0.1) is 19.6 Å². The molecule has 0 aliphatic carbocycles. The Morgan fingerprint density at radius 3 is 2.54 bits per heavy atom. The SMILES string of the molecule is CCC1(N2CCOCC2)CC(=O)O1. The van der Waals surface area contributed by atoms with E-state index in [1.165, 1.54) is 0 Å². The van der Waals surface area contributed by atoms with E-state index in [0.29, 0.717) is 6.42 Å². The first-order valence-electron chi connectivity index (χ1n) is 4.81. The van der Waals surface area contributed by atoms with Crippen LogP contribution in [0, 0.1) is 0 Å². The molecule has 0 aromatic rings. The Kier molecular flexibility index (Phi) is 2.26. The first-order valence-corrected chi connectivity index (χ1v) is 4.81. The number of ether oxygens (including phenoxy) is 2. The van der Waals surface area contributed by atoms with Gasteiger partial charge in [0.25, 0.3) is 0 Å². The zero-order chi connectivity index (χ0) is 9.31. The topological polar surface area (TPSA) is 38.8 Å². The zero-order valence-corrected chi connectivity index (χ0v) is 7.91. The number of nitrogens with zero attached hydrogens (tertiary/aromatic N) is 1. The van der Waals surface area contributed by atoms with Crippen LogP contribution in [0.2, 0.25) is 0 Å². The highest BCUT2D eigenvalue weighted by molar-refractivity contribution is 5.76. The van der Waals surface area contributed by atoms with Gasteiger partial charge in [0.15, 0.2) is 5.72 Å². The van der Waals surface area contributed by atoms with Gasteiger partial charge < -0.3 is 9.47 Å². The molecule has 13 heavy (non-hydrogen) atoms. The largest absolute Gasteiger partial charge is 0.443 e. The molecule has 1 atom stereocenters. The standard InChI is InChI=1S/C9H15NO3/c1-2-9(7-8(11)13-9)10-3-5-12-6-4-10/h2-7H2,1H3. The minimum absolute atomic E-state index is 0.0756.